The summed E-state index contributed by atoms with van der Waals surface area (Å²) in [5.41, 5.74) is 5.93. The van der Waals surface area contributed by atoms with Gasteiger partial charge in [-0.2, -0.15) is 0 Å². The van der Waals surface area contributed by atoms with Crippen molar-refractivity contribution in [3.63, 3.8) is 0 Å². The van der Waals surface area contributed by atoms with Crippen LogP contribution in [0.1, 0.15) is 28.3 Å². The van der Waals surface area contributed by atoms with E-state index in [0.717, 1.165) is 27.1 Å². The van der Waals surface area contributed by atoms with Crippen LogP contribution in [0.15, 0.2) is 60.2 Å². The molecule has 2 aromatic carbocycles. The first-order valence-electron chi connectivity index (χ1n) is 11.1. The molecule has 10 heteroatoms. The van der Waals surface area contributed by atoms with Crippen LogP contribution in [0.2, 0.25) is 0 Å². The SMILES string of the molecule is O=C(NC(Cc1cncs1)C(=O)N[C@@H](CCO)C(=O)O)OCC1c2ccccc2-c2ccccc21. The molecule has 182 valence electrons. The molecule has 1 aliphatic carbocycles. The Kier molecular flexibility index (Phi) is 7.74. The number of aliphatic carboxylic acids is 1. The van der Waals surface area contributed by atoms with Crippen LogP contribution in [0.3, 0.4) is 0 Å². The number of carbonyl (C=O) groups is 3. The van der Waals surface area contributed by atoms with Crippen LogP contribution in [0, 0.1) is 0 Å². The summed E-state index contributed by atoms with van der Waals surface area (Å²) in [6.45, 7) is -0.326. The number of rotatable bonds is 10. The van der Waals surface area contributed by atoms with E-state index in [1.165, 1.54) is 11.3 Å². The number of aliphatic hydroxyl groups excluding tert-OH is 1. The Morgan fingerprint density at radius 1 is 1.00 bits per heavy atom. The summed E-state index contributed by atoms with van der Waals surface area (Å²) < 4.78 is 5.54. The maximum Gasteiger partial charge on any atom is 0.407 e. The highest BCUT2D eigenvalue weighted by Gasteiger charge is 2.31. The molecular formula is C25H25N3O6S. The average Bonchev–Trinajstić information content (AvgIpc) is 3.48. The number of aromatic nitrogens is 1. The van der Waals surface area contributed by atoms with Crippen LogP contribution in [0.25, 0.3) is 11.1 Å². The van der Waals surface area contributed by atoms with Crippen LogP contribution < -0.4 is 10.6 Å². The molecular weight excluding hydrogens is 470 g/mol. The van der Waals surface area contributed by atoms with Gasteiger partial charge in [-0.15, -0.1) is 11.3 Å². The van der Waals surface area contributed by atoms with Gasteiger partial charge in [0.05, 0.1) is 5.51 Å². The first-order valence-corrected chi connectivity index (χ1v) is 12.0. The minimum absolute atomic E-state index is 0.0804. The van der Waals surface area contributed by atoms with Gasteiger partial charge in [0.25, 0.3) is 0 Å². The molecule has 0 radical (unpaired) electrons. The molecule has 1 heterocycles. The first kappa shape index (κ1) is 24.4. The van der Waals surface area contributed by atoms with E-state index in [-0.39, 0.29) is 25.4 Å². The minimum Gasteiger partial charge on any atom is -0.480 e. The Morgan fingerprint density at radius 2 is 1.66 bits per heavy atom. The number of carbonyl (C=O) groups excluding carboxylic acids is 2. The number of hydrogen-bond donors (Lipinski definition) is 4. The number of nitrogens with one attached hydrogen (secondary N) is 2. The monoisotopic (exact) mass is 495 g/mol. The quantitative estimate of drug-likeness (QED) is 0.339. The summed E-state index contributed by atoms with van der Waals surface area (Å²) in [5.74, 6) is -2.10. The smallest absolute Gasteiger partial charge is 0.407 e. The van der Waals surface area contributed by atoms with Crippen molar-refractivity contribution in [2.75, 3.05) is 13.2 Å². The fourth-order valence-electron chi connectivity index (χ4n) is 4.19. The number of benzene rings is 2. The number of carboxylic acid groups (broad SMARTS) is 1. The zero-order valence-corrected chi connectivity index (χ0v) is 19.5. The number of ether oxygens (including phenoxy) is 1. The second-order valence-electron chi connectivity index (χ2n) is 8.11. The van der Waals surface area contributed by atoms with Crippen molar-refractivity contribution in [3.05, 3.63) is 76.2 Å². The molecule has 35 heavy (non-hydrogen) atoms. The molecule has 2 atom stereocenters. The van der Waals surface area contributed by atoms with Gasteiger partial charge in [0.2, 0.25) is 5.91 Å². The van der Waals surface area contributed by atoms with Gasteiger partial charge < -0.3 is 25.6 Å². The summed E-state index contributed by atoms with van der Waals surface area (Å²) in [7, 11) is 0. The number of nitrogens with zero attached hydrogens (tertiary/aromatic N) is 1. The molecule has 1 aromatic heterocycles. The Labute approximate surface area is 205 Å². The Balaban J connectivity index is 1.44. The number of aliphatic hydroxyl groups is 1. The van der Waals surface area contributed by atoms with Crippen LogP contribution in [-0.2, 0) is 20.7 Å². The Hall–Kier alpha value is -3.76. The highest BCUT2D eigenvalue weighted by Crippen LogP contribution is 2.44. The largest absolute Gasteiger partial charge is 0.480 e. The molecule has 1 unspecified atom stereocenters. The van der Waals surface area contributed by atoms with Crippen LogP contribution in [0.4, 0.5) is 4.79 Å². The van der Waals surface area contributed by atoms with Gasteiger partial charge in [0.1, 0.15) is 18.7 Å². The van der Waals surface area contributed by atoms with E-state index in [9.17, 15) is 19.5 Å². The Morgan fingerprint density at radius 3 is 2.23 bits per heavy atom. The molecule has 1 aliphatic rings. The van der Waals surface area contributed by atoms with E-state index >= 15 is 0 Å². The Bertz CT molecular complexity index is 1150. The molecule has 3 aromatic rings. The summed E-state index contributed by atoms with van der Waals surface area (Å²) in [4.78, 5) is 41.7. The lowest BCUT2D eigenvalue weighted by molar-refractivity contribution is -0.142. The topological polar surface area (TPSA) is 138 Å². The van der Waals surface area contributed by atoms with Crippen molar-refractivity contribution in [1.82, 2.24) is 15.6 Å². The number of amides is 2. The van der Waals surface area contributed by atoms with Gasteiger partial charge in [0, 0.05) is 36.4 Å². The molecule has 0 bridgehead atoms. The zero-order chi connectivity index (χ0) is 24.8. The maximum atomic E-state index is 12.8. The third-order valence-electron chi connectivity index (χ3n) is 5.87. The molecule has 0 aliphatic heterocycles. The summed E-state index contributed by atoms with van der Waals surface area (Å²) >= 11 is 1.31. The van der Waals surface area contributed by atoms with Crippen molar-refractivity contribution >= 4 is 29.3 Å². The highest BCUT2D eigenvalue weighted by molar-refractivity contribution is 7.09. The molecule has 0 fully saturated rings. The summed E-state index contributed by atoms with van der Waals surface area (Å²) in [6.07, 6.45) is 0.753. The minimum atomic E-state index is -1.28. The van der Waals surface area contributed by atoms with Crippen molar-refractivity contribution in [1.29, 1.82) is 0 Å². The van der Waals surface area contributed by atoms with Gasteiger partial charge in [-0.1, -0.05) is 48.5 Å². The van der Waals surface area contributed by atoms with Crippen LogP contribution in [0.5, 0.6) is 0 Å². The summed E-state index contributed by atoms with van der Waals surface area (Å²) in [5, 5.41) is 23.3. The average molecular weight is 496 g/mol. The normalized spacial score (nSPS) is 13.9. The number of alkyl carbamates (subject to hydrolysis) is 1. The standard InChI is InChI=1S/C25H25N3O6S/c29-10-9-21(24(31)32)27-23(30)22(11-15-12-26-14-35-15)28-25(33)34-13-20-18-7-3-1-5-16(18)17-6-2-4-8-19(17)20/h1-8,12,14,20-22,29H,9-11,13H2,(H,27,30)(H,28,33)(H,31,32)/t21-,22?/m0/s1. The lowest BCUT2D eigenvalue weighted by Crippen LogP contribution is -2.52. The fraction of sp³-hybridized carbons (Fsp3) is 0.280. The van der Waals surface area contributed by atoms with Crippen molar-refractivity contribution in [2.45, 2.75) is 30.8 Å². The molecule has 0 saturated carbocycles. The maximum absolute atomic E-state index is 12.8. The third-order valence-corrected chi connectivity index (χ3v) is 6.68. The second kappa shape index (κ2) is 11.1. The third kappa shape index (κ3) is 5.67. The van der Waals surface area contributed by atoms with Gasteiger partial charge in [0.15, 0.2) is 0 Å². The van der Waals surface area contributed by atoms with E-state index in [1.54, 1.807) is 11.7 Å². The molecule has 0 spiro atoms. The summed E-state index contributed by atoms with van der Waals surface area (Å²) in [6, 6.07) is 13.6. The zero-order valence-electron chi connectivity index (χ0n) is 18.7. The van der Waals surface area contributed by atoms with E-state index in [4.69, 9.17) is 9.84 Å². The van der Waals surface area contributed by atoms with Crippen molar-refractivity contribution < 1.29 is 29.3 Å². The van der Waals surface area contributed by atoms with Crippen molar-refractivity contribution in [2.24, 2.45) is 0 Å². The molecule has 4 N–H and O–H groups in total. The van der Waals surface area contributed by atoms with E-state index in [1.807, 2.05) is 48.5 Å². The second-order valence-corrected chi connectivity index (χ2v) is 9.08. The van der Waals surface area contributed by atoms with Gasteiger partial charge in [-0.3, -0.25) is 9.78 Å². The van der Waals surface area contributed by atoms with Gasteiger partial charge in [-0.05, 0) is 22.3 Å². The highest BCUT2D eigenvalue weighted by atomic mass is 32.1. The lowest BCUT2D eigenvalue weighted by atomic mass is 9.98. The molecule has 4 rings (SSSR count). The van der Waals surface area contributed by atoms with Crippen molar-refractivity contribution in [3.8, 4) is 11.1 Å². The number of fused-ring (bicyclic) bond motifs is 3. The van der Waals surface area contributed by atoms with Gasteiger partial charge in [-0.25, -0.2) is 9.59 Å². The number of carboxylic acids is 1. The van der Waals surface area contributed by atoms with E-state index in [0.29, 0.717) is 0 Å². The predicted molar refractivity (Wildman–Crippen MR) is 129 cm³/mol. The molecule has 9 nitrogen and oxygen atoms in total. The van der Waals surface area contributed by atoms with E-state index in [2.05, 4.69) is 15.6 Å². The van der Waals surface area contributed by atoms with Crippen LogP contribution >= 0.6 is 11.3 Å². The predicted octanol–water partition coefficient (Wildman–Crippen LogP) is 2.54. The fourth-order valence-corrected chi connectivity index (χ4v) is 4.84. The molecule has 2 amide bonds. The van der Waals surface area contributed by atoms with E-state index < -0.39 is 36.7 Å². The van der Waals surface area contributed by atoms with Crippen LogP contribution in [-0.4, -0.2) is 58.5 Å². The number of hydrogen-bond acceptors (Lipinski definition) is 7. The van der Waals surface area contributed by atoms with Gasteiger partial charge >= 0.3 is 12.1 Å². The first-order chi connectivity index (χ1) is 17.0. The molecule has 0 saturated heterocycles. The lowest BCUT2D eigenvalue weighted by Gasteiger charge is -2.21. The number of thiazole rings is 1.